The van der Waals surface area contributed by atoms with E-state index in [9.17, 15) is 111 Å². The van der Waals surface area contributed by atoms with E-state index in [0.717, 1.165) is 68.5 Å². The summed E-state index contributed by atoms with van der Waals surface area (Å²) in [7, 11) is 0. The molecule has 4 aliphatic heterocycles. The number of thioether (sulfide) groups is 4. The number of hydrogen-bond acceptors (Lipinski definition) is 26. The number of ketones is 4. The molecular formula is C82H130N14O26S4. The van der Waals surface area contributed by atoms with Gasteiger partial charge in [-0.2, -0.15) is 0 Å². The number of hydrogen-bond donors (Lipinski definition) is 14. The van der Waals surface area contributed by atoms with E-state index in [4.69, 9.17) is 5.11 Å². The molecule has 6 aliphatic rings. The minimum atomic E-state index is -1.52. The van der Waals surface area contributed by atoms with Crippen molar-refractivity contribution in [3.05, 3.63) is 0 Å². The molecule has 126 heavy (non-hydrogen) atoms. The number of carboxylic acid groups (broad SMARTS) is 2. The second-order valence-corrected chi connectivity index (χ2v) is 39.4. The fourth-order valence-electron chi connectivity index (χ4n) is 15.9. The lowest BCUT2D eigenvalue weighted by Crippen LogP contribution is -2.62. The second kappa shape index (κ2) is 54.9. The molecule has 2 spiro atoms. The summed E-state index contributed by atoms with van der Waals surface area (Å²) in [5.41, 5.74) is 0. The molecule has 6 rings (SSSR count). The monoisotopic (exact) mass is 1850 g/mol. The minimum absolute atomic E-state index is 0. The highest BCUT2D eigenvalue weighted by Crippen LogP contribution is 2.53. The van der Waals surface area contributed by atoms with E-state index in [1.807, 2.05) is 0 Å². The van der Waals surface area contributed by atoms with Gasteiger partial charge in [0.1, 0.15) is 84.6 Å². The number of carbonyl (C=O) groups is 22. The number of aldehydes is 2. The zero-order valence-corrected chi connectivity index (χ0v) is 76.7. The minimum Gasteiger partial charge on any atom is -0.481 e. The summed E-state index contributed by atoms with van der Waals surface area (Å²) < 4.78 is -1.05. The van der Waals surface area contributed by atoms with Crippen LogP contribution in [-0.4, -0.2) is 291 Å². The van der Waals surface area contributed by atoms with Crippen molar-refractivity contribution in [2.75, 3.05) is 49.2 Å². The van der Waals surface area contributed by atoms with Gasteiger partial charge in [-0.1, -0.05) is 92.9 Å². The number of nitrogens with one attached hydrogen (secondary N) is 12. The molecule has 0 aromatic heterocycles. The fraction of sp³-hybridized carbons (Fsp3) is 0.732. The largest absolute Gasteiger partial charge is 0.481 e. The van der Waals surface area contributed by atoms with Crippen molar-refractivity contribution in [1.29, 1.82) is 0 Å². The molecule has 12 atom stereocenters. The average molecular weight is 1860 g/mol. The van der Waals surface area contributed by atoms with Gasteiger partial charge < -0.3 is 114 Å². The zero-order chi connectivity index (χ0) is 92.3. The topological polar surface area (TPSA) is 630 Å². The van der Waals surface area contributed by atoms with Gasteiger partial charge in [0.2, 0.25) is 82.5 Å². The Labute approximate surface area is 750 Å². The third-order valence-electron chi connectivity index (χ3n) is 22.3. The van der Waals surface area contributed by atoms with Gasteiger partial charge in [-0.3, -0.25) is 86.3 Å². The van der Waals surface area contributed by atoms with Crippen LogP contribution in [0, 0.1) is 23.7 Å². The molecule has 2 aliphatic carbocycles. The van der Waals surface area contributed by atoms with Crippen molar-refractivity contribution < 1.29 is 127 Å². The van der Waals surface area contributed by atoms with Crippen LogP contribution in [0.1, 0.15) is 223 Å². The van der Waals surface area contributed by atoms with Gasteiger partial charge in [0.05, 0.1) is 33.3 Å². The number of carbonyl (C=O) groups excluding carboxylic acids is 20. The molecule has 2 saturated carbocycles. The Bertz CT molecular complexity index is 3610. The smallest absolute Gasteiger partial charge is 0.303 e. The standard InChI is InChI=1S/C42H65N7O11S2.C40H61N7O13S2.2H2O/c1-7-11-29(35(54)40(59)43-18-19-50)45-38(57)32-22-42(61-20-21-62-42)23-49(32)41(60)34(28-12-9-8-10-13-28)48-39(58)33(24(2)3)47-37(56)31(17-15-26(5)52)46-36(55)30(44-27(6)53)16-14-25(4)51;1-5-9-25(33(54)38(59)41-16-17-48)43-36(57)28-20-40(61-18-19-62-40)21-47(28)39(60)32(24-10-7-6-8-11-24)46-37(58)31(22(2)3)45-35(56)27(13-15-30(52)53)44-34(55)26(42-23(4)49)12-14-29(50)51;;/h19,24,28-34H,7-18,20-23H2,1-6H3,(H,43,59)(H,44,53)(H,45,57)(H,46,55)(H,47,56)(H,48,58);17,22,24-28,31-32H,5-16,18-21H2,1-4H3,(H,41,59)(H,42,49)(H,43,57)(H,44,55)(H,45,56)(H,46,58)(H,50,51)(H,52,53);2*1H2/t29?,30?,31?,32-,33?,34?;25?,26?,27?,28-,31?,32?;;/m00../s1. The van der Waals surface area contributed by atoms with E-state index >= 15 is 0 Å². The zero-order valence-electron chi connectivity index (χ0n) is 73.4. The van der Waals surface area contributed by atoms with Gasteiger partial charge in [-0.25, -0.2) is 0 Å². The Hall–Kier alpha value is -9.14. The van der Waals surface area contributed by atoms with E-state index in [1.165, 1.54) is 30.6 Å². The molecule has 0 radical (unpaired) electrons. The van der Waals surface area contributed by atoms with Gasteiger partial charge in [0, 0.05) is 88.5 Å². The first kappa shape index (κ1) is 111. The van der Waals surface area contributed by atoms with Gasteiger partial charge in [0.25, 0.3) is 11.8 Å². The normalized spacial score (nSPS) is 19.3. The van der Waals surface area contributed by atoms with Crippen molar-refractivity contribution in [3.8, 4) is 0 Å². The summed E-state index contributed by atoms with van der Waals surface area (Å²) in [6.45, 7) is 14.8. The maximum Gasteiger partial charge on any atom is 0.303 e. The summed E-state index contributed by atoms with van der Waals surface area (Å²) in [5, 5.41) is 49.4. The van der Waals surface area contributed by atoms with E-state index in [2.05, 4.69) is 63.8 Å². The first-order chi connectivity index (χ1) is 58.6. The molecule has 708 valence electrons. The lowest BCUT2D eigenvalue weighted by atomic mass is 9.83. The second-order valence-electron chi connectivity index (χ2n) is 33.0. The quantitative estimate of drug-likeness (QED) is 0.0259. The number of nitrogens with zero attached hydrogens (tertiary/aromatic N) is 2. The summed E-state index contributed by atoms with van der Waals surface area (Å²) >= 11 is 6.53. The highest BCUT2D eigenvalue weighted by molar-refractivity contribution is 8.21. The average Bonchev–Trinajstić information content (AvgIpc) is 1.61. The Morgan fingerprint density at radius 2 is 0.690 bits per heavy atom. The highest BCUT2D eigenvalue weighted by atomic mass is 32.2. The molecule has 0 aromatic rings. The van der Waals surface area contributed by atoms with Crippen LogP contribution in [-0.2, 0) is 105 Å². The summed E-state index contributed by atoms with van der Waals surface area (Å²) in [4.78, 5) is 287. The van der Waals surface area contributed by atoms with Crippen molar-refractivity contribution >= 4 is 177 Å². The molecular weight excluding hydrogens is 1730 g/mol. The number of Topliss-reactive ketones (excluding diaryl/α,β-unsaturated/α-hetero) is 4. The summed E-state index contributed by atoms with van der Waals surface area (Å²) in [6, 6.07) is -14.6. The van der Waals surface area contributed by atoms with Crippen LogP contribution in [0.15, 0.2) is 0 Å². The lowest BCUT2D eigenvalue weighted by molar-refractivity contribution is -0.145. The third kappa shape index (κ3) is 34.8. The predicted molar refractivity (Wildman–Crippen MR) is 468 cm³/mol. The van der Waals surface area contributed by atoms with Gasteiger partial charge in [-0.15, -0.1) is 47.0 Å². The third-order valence-corrected chi connectivity index (χ3v) is 29.2. The maximum absolute atomic E-state index is 15.0. The number of rotatable bonds is 48. The lowest BCUT2D eigenvalue weighted by Gasteiger charge is -2.36. The Balaban J connectivity index is 0.000000640. The van der Waals surface area contributed by atoms with E-state index in [-0.39, 0.29) is 118 Å². The van der Waals surface area contributed by atoms with E-state index in [1.54, 1.807) is 88.6 Å². The van der Waals surface area contributed by atoms with Gasteiger partial charge in [0.15, 0.2) is 0 Å². The van der Waals surface area contributed by atoms with Crippen molar-refractivity contribution in [2.24, 2.45) is 23.7 Å². The van der Waals surface area contributed by atoms with Crippen LogP contribution in [0.2, 0.25) is 0 Å². The van der Waals surface area contributed by atoms with E-state index < -0.39 is 218 Å². The Morgan fingerprint density at radius 1 is 0.389 bits per heavy atom. The molecule has 6 fully saturated rings. The molecule has 4 saturated heterocycles. The molecule has 44 heteroatoms. The first-order valence-electron chi connectivity index (χ1n) is 42.7. The fourth-order valence-corrected chi connectivity index (χ4v) is 22.4. The molecule has 18 N–H and O–H groups in total. The van der Waals surface area contributed by atoms with Crippen LogP contribution >= 0.6 is 47.0 Å². The Morgan fingerprint density at radius 3 is 0.968 bits per heavy atom. The number of likely N-dealkylation sites (tertiary alicyclic amines) is 2. The van der Waals surface area contributed by atoms with Crippen molar-refractivity contribution in [1.82, 2.24) is 73.6 Å². The number of aliphatic carboxylic acids is 2. The molecule has 40 nitrogen and oxygen atoms in total. The van der Waals surface area contributed by atoms with E-state index in [0.29, 0.717) is 51.1 Å². The summed E-state index contributed by atoms with van der Waals surface area (Å²) in [6.07, 6.45) is 7.91. The number of amides is 14. The first-order valence-corrected chi connectivity index (χ1v) is 46.7. The predicted octanol–water partition coefficient (Wildman–Crippen LogP) is -0.925. The molecule has 0 aromatic carbocycles. The molecule has 4 heterocycles. The number of carboxylic acids is 2. The molecule has 10 unspecified atom stereocenters. The van der Waals surface area contributed by atoms with Crippen LogP contribution in [0.3, 0.4) is 0 Å². The van der Waals surface area contributed by atoms with Crippen molar-refractivity contribution in [2.45, 2.75) is 304 Å². The molecule has 0 bridgehead atoms. The maximum atomic E-state index is 15.0. The van der Waals surface area contributed by atoms with Crippen LogP contribution in [0.4, 0.5) is 0 Å². The molecule has 14 amide bonds. The van der Waals surface area contributed by atoms with Crippen molar-refractivity contribution in [3.63, 3.8) is 0 Å². The van der Waals surface area contributed by atoms with Crippen LogP contribution in [0.5, 0.6) is 0 Å². The highest BCUT2D eigenvalue weighted by Gasteiger charge is 2.56. The summed E-state index contributed by atoms with van der Waals surface area (Å²) in [5.74, 6) is -13.7. The van der Waals surface area contributed by atoms with Crippen LogP contribution in [0.25, 0.3) is 0 Å². The SMILES string of the molecule is CCCC(NC(=O)[C@@H]1CC2(CN1C(=O)C(NC(=O)C(NC(=O)C(CCC(=O)O)NC(=O)C(CCC(=O)O)NC(C)=O)C(C)C)C1CCCCC1)SCCS2)C(=O)C(=O)NCC=O.CCCC(NC(=O)[C@@H]1CC2(CN1C(=O)C(NC(=O)C(NC(=O)C(CCC(C)=O)NC(=O)C(CCC(C)=O)NC(C)=O)C(C)C)C1CCCCC1)SCCS2)C(=O)C(=O)NCC=O.O.O. The van der Waals surface area contributed by atoms with Gasteiger partial charge in [-0.05, 0) is 102 Å². The van der Waals surface area contributed by atoms with Gasteiger partial charge >= 0.3 is 11.9 Å². The Kier molecular flexibility index (Phi) is 48.4. The van der Waals surface area contributed by atoms with Crippen LogP contribution < -0.4 is 63.8 Å².